The van der Waals surface area contributed by atoms with E-state index >= 15 is 0 Å². The number of hydrogen-bond acceptors (Lipinski definition) is 5. The molecule has 0 unspecified atom stereocenters. The first-order valence-electron chi connectivity index (χ1n) is 5.47. The molecule has 92 valence electrons. The normalized spacial score (nSPS) is 15.2. The molecule has 6 nitrogen and oxygen atoms in total. The van der Waals surface area contributed by atoms with Crippen molar-refractivity contribution in [3.05, 3.63) is 11.1 Å². The molecule has 0 atom stereocenters. The molecule has 1 aromatic heterocycles. The van der Waals surface area contributed by atoms with Crippen molar-refractivity contribution in [2.45, 2.75) is 19.9 Å². The van der Waals surface area contributed by atoms with E-state index in [-0.39, 0.29) is 18.5 Å². The molecule has 0 radical (unpaired) electrons. The van der Waals surface area contributed by atoms with E-state index in [4.69, 9.17) is 0 Å². The number of carbonyl (C=O) groups excluding carboxylic acids is 2. The Morgan fingerprint density at radius 3 is 3.06 bits per heavy atom. The lowest BCUT2D eigenvalue weighted by Gasteiger charge is -2.09. The summed E-state index contributed by atoms with van der Waals surface area (Å²) in [7, 11) is 0. The third-order valence-corrected chi connectivity index (χ3v) is 3.27. The van der Waals surface area contributed by atoms with E-state index in [1.807, 2.05) is 0 Å². The maximum atomic E-state index is 11.4. The number of nitrogens with zero attached hydrogens (tertiary/aromatic N) is 2. The molecule has 0 spiro atoms. The van der Waals surface area contributed by atoms with Gasteiger partial charge in [-0.3, -0.25) is 9.69 Å². The maximum absolute atomic E-state index is 11.4. The zero-order valence-electron chi connectivity index (χ0n) is 9.52. The van der Waals surface area contributed by atoms with Gasteiger partial charge in [0.25, 0.3) is 0 Å². The Labute approximate surface area is 103 Å². The van der Waals surface area contributed by atoms with Crippen molar-refractivity contribution in [2.24, 2.45) is 0 Å². The summed E-state index contributed by atoms with van der Waals surface area (Å²) in [4.78, 5) is 29.0. The van der Waals surface area contributed by atoms with Gasteiger partial charge in [-0.25, -0.2) is 9.78 Å². The van der Waals surface area contributed by atoms with Crippen LogP contribution >= 0.6 is 11.3 Å². The van der Waals surface area contributed by atoms with Crippen molar-refractivity contribution in [3.8, 4) is 0 Å². The summed E-state index contributed by atoms with van der Waals surface area (Å²) in [5.41, 5.74) is 0. The molecule has 0 aromatic carbocycles. The quantitative estimate of drug-likeness (QED) is 0.769. The Hall–Kier alpha value is -1.63. The summed E-state index contributed by atoms with van der Waals surface area (Å²) in [6.07, 6.45) is 2.73. The van der Waals surface area contributed by atoms with Crippen LogP contribution in [-0.4, -0.2) is 34.9 Å². The minimum absolute atomic E-state index is 0.0958. The molecule has 1 fully saturated rings. The zero-order chi connectivity index (χ0) is 12.3. The fraction of sp³-hybridized carbons (Fsp3) is 0.500. The molecule has 2 heterocycles. The van der Waals surface area contributed by atoms with Gasteiger partial charge in [0.05, 0.1) is 13.1 Å². The monoisotopic (exact) mass is 254 g/mol. The summed E-state index contributed by atoms with van der Waals surface area (Å²) < 4.78 is 0. The standard InChI is InChI=1S/C10H14N4O2S/c1-2-3-11-9-12-4-7(17-9)6-14-8(15)5-13-10(14)16/h4H,2-3,5-6H2,1H3,(H,11,12)(H,13,16). The van der Waals surface area contributed by atoms with Gasteiger partial charge >= 0.3 is 6.03 Å². The second-order valence-corrected chi connectivity index (χ2v) is 4.81. The lowest BCUT2D eigenvalue weighted by molar-refractivity contribution is -0.125. The van der Waals surface area contributed by atoms with Crippen LogP contribution in [0.15, 0.2) is 6.20 Å². The summed E-state index contributed by atoms with van der Waals surface area (Å²) in [5.74, 6) is -0.188. The molecule has 1 aromatic rings. The molecular formula is C10H14N4O2S. The van der Waals surface area contributed by atoms with Gasteiger partial charge in [-0.2, -0.15) is 0 Å². The van der Waals surface area contributed by atoms with Crippen molar-refractivity contribution in [1.82, 2.24) is 15.2 Å². The van der Waals surface area contributed by atoms with Crippen molar-refractivity contribution in [2.75, 3.05) is 18.4 Å². The van der Waals surface area contributed by atoms with E-state index in [9.17, 15) is 9.59 Å². The number of nitrogens with one attached hydrogen (secondary N) is 2. The number of thiazole rings is 1. The number of imide groups is 1. The van der Waals surface area contributed by atoms with Crippen LogP contribution in [0, 0.1) is 0 Å². The van der Waals surface area contributed by atoms with Gasteiger partial charge in [0.2, 0.25) is 5.91 Å². The van der Waals surface area contributed by atoms with Gasteiger partial charge < -0.3 is 10.6 Å². The van der Waals surface area contributed by atoms with Crippen LogP contribution in [0.25, 0.3) is 0 Å². The first-order valence-corrected chi connectivity index (χ1v) is 6.29. The molecule has 17 heavy (non-hydrogen) atoms. The van der Waals surface area contributed by atoms with E-state index in [1.54, 1.807) is 6.20 Å². The fourth-order valence-electron chi connectivity index (χ4n) is 1.47. The number of amides is 3. The molecule has 2 N–H and O–H groups in total. The Bertz CT molecular complexity index is 416. The molecule has 0 saturated carbocycles. The zero-order valence-corrected chi connectivity index (χ0v) is 10.3. The van der Waals surface area contributed by atoms with Crippen molar-refractivity contribution < 1.29 is 9.59 Å². The third kappa shape index (κ3) is 2.73. The first kappa shape index (κ1) is 11.8. The Morgan fingerprint density at radius 2 is 2.41 bits per heavy atom. The maximum Gasteiger partial charge on any atom is 0.324 e. The Kier molecular flexibility index (Phi) is 3.58. The topological polar surface area (TPSA) is 74.3 Å². The highest BCUT2D eigenvalue weighted by Gasteiger charge is 2.28. The summed E-state index contributed by atoms with van der Waals surface area (Å²) in [6, 6.07) is -0.327. The molecule has 1 aliphatic heterocycles. The van der Waals surface area contributed by atoms with E-state index in [0.29, 0.717) is 6.54 Å². The lowest BCUT2D eigenvalue weighted by atomic mass is 10.4. The van der Waals surface area contributed by atoms with Gasteiger partial charge in [-0.05, 0) is 6.42 Å². The molecule has 2 rings (SSSR count). The third-order valence-electron chi connectivity index (χ3n) is 2.33. The molecule has 3 amide bonds. The van der Waals surface area contributed by atoms with Crippen LogP contribution in [0.4, 0.5) is 9.93 Å². The number of carbonyl (C=O) groups is 2. The second-order valence-electron chi connectivity index (χ2n) is 3.70. The smallest absolute Gasteiger partial charge is 0.324 e. The van der Waals surface area contributed by atoms with E-state index in [0.717, 1.165) is 23.0 Å². The lowest BCUT2D eigenvalue weighted by Crippen LogP contribution is -2.29. The number of rotatable bonds is 5. The highest BCUT2D eigenvalue weighted by atomic mass is 32.1. The molecule has 1 aliphatic rings. The van der Waals surface area contributed by atoms with Crippen molar-refractivity contribution in [3.63, 3.8) is 0 Å². The number of urea groups is 1. The van der Waals surface area contributed by atoms with Gasteiger partial charge in [0.15, 0.2) is 5.13 Å². The average molecular weight is 254 g/mol. The van der Waals surface area contributed by atoms with Crippen molar-refractivity contribution in [1.29, 1.82) is 0 Å². The van der Waals surface area contributed by atoms with Gasteiger partial charge in [0, 0.05) is 17.6 Å². The van der Waals surface area contributed by atoms with E-state index in [1.165, 1.54) is 16.2 Å². The van der Waals surface area contributed by atoms with Crippen LogP contribution < -0.4 is 10.6 Å². The molecule has 0 bridgehead atoms. The molecular weight excluding hydrogens is 240 g/mol. The van der Waals surface area contributed by atoms with Crippen LogP contribution in [-0.2, 0) is 11.3 Å². The summed E-state index contributed by atoms with van der Waals surface area (Å²) in [5, 5.41) is 6.48. The first-order chi connectivity index (χ1) is 8.20. The summed E-state index contributed by atoms with van der Waals surface area (Å²) >= 11 is 1.47. The number of hydrogen-bond donors (Lipinski definition) is 2. The van der Waals surface area contributed by atoms with Crippen molar-refractivity contribution >= 4 is 28.4 Å². The van der Waals surface area contributed by atoms with E-state index < -0.39 is 0 Å². The number of anilines is 1. The summed E-state index contributed by atoms with van der Waals surface area (Å²) in [6.45, 7) is 3.35. The highest BCUT2D eigenvalue weighted by molar-refractivity contribution is 7.15. The Balaban J connectivity index is 1.96. The predicted octanol–water partition coefficient (Wildman–Crippen LogP) is 1.02. The van der Waals surface area contributed by atoms with Gasteiger partial charge in [0.1, 0.15) is 0 Å². The van der Waals surface area contributed by atoms with Crippen LogP contribution in [0.1, 0.15) is 18.2 Å². The van der Waals surface area contributed by atoms with Crippen LogP contribution in [0.2, 0.25) is 0 Å². The molecule has 1 saturated heterocycles. The van der Waals surface area contributed by atoms with Crippen LogP contribution in [0.3, 0.4) is 0 Å². The molecule has 0 aliphatic carbocycles. The number of aromatic nitrogens is 1. The average Bonchev–Trinajstić information content (AvgIpc) is 2.88. The van der Waals surface area contributed by atoms with Gasteiger partial charge in [-0.15, -0.1) is 11.3 Å². The SMILES string of the molecule is CCCNc1ncc(CN2C(=O)CNC2=O)s1. The fourth-order valence-corrected chi connectivity index (χ4v) is 2.29. The Morgan fingerprint density at radius 1 is 1.59 bits per heavy atom. The largest absolute Gasteiger partial charge is 0.362 e. The predicted molar refractivity (Wildman–Crippen MR) is 64.8 cm³/mol. The highest BCUT2D eigenvalue weighted by Crippen LogP contribution is 2.20. The van der Waals surface area contributed by atoms with Gasteiger partial charge in [-0.1, -0.05) is 6.92 Å². The minimum atomic E-state index is -0.327. The minimum Gasteiger partial charge on any atom is -0.362 e. The van der Waals surface area contributed by atoms with Crippen LogP contribution in [0.5, 0.6) is 0 Å². The van der Waals surface area contributed by atoms with E-state index in [2.05, 4.69) is 22.5 Å². The second kappa shape index (κ2) is 5.13. The molecule has 7 heteroatoms.